The van der Waals surface area contributed by atoms with Gasteiger partial charge in [-0.15, -0.1) is 0 Å². The molecular formula is C25H40F2N2. The van der Waals surface area contributed by atoms with Crippen LogP contribution in [0.2, 0.25) is 0 Å². The van der Waals surface area contributed by atoms with Crippen molar-refractivity contribution in [2.75, 3.05) is 20.1 Å². The molecule has 1 N–H and O–H groups in total. The molecule has 1 aromatic carbocycles. The number of hydrogen-bond donors (Lipinski definition) is 1. The number of hydrogen-bond acceptors (Lipinski definition) is 2. The molecule has 0 bridgehead atoms. The Bertz CT molecular complexity index is 615. The van der Waals surface area contributed by atoms with Crippen LogP contribution in [0.15, 0.2) is 36.5 Å². The summed E-state index contributed by atoms with van der Waals surface area (Å²) in [4.78, 5) is 2.16. The zero-order chi connectivity index (χ0) is 21.3. The molecule has 0 saturated heterocycles. The molecule has 4 heteroatoms. The fourth-order valence-corrected chi connectivity index (χ4v) is 4.08. The van der Waals surface area contributed by atoms with Gasteiger partial charge in [0.05, 0.1) is 0 Å². The molecule has 29 heavy (non-hydrogen) atoms. The van der Waals surface area contributed by atoms with Gasteiger partial charge < -0.3 is 10.2 Å². The molecule has 1 aromatic rings. The molecule has 0 amide bonds. The Morgan fingerprint density at radius 2 is 1.83 bits per heavy atom. The van der Waals surface area contributed by atoms with Gasteiger partial charge in [-0.25, -0.2) is 8.78 Å². The molecule has 0 aromatic heterocycles. The number of unbranched alkanes of at least 4 members (excludes halogenated alkanes) is 3. The van der Waals surface area contributed by atoms with Crippen molar-refractivity contribution in [3.63, 3.8) is 0 Å². The molecule has 0 spiro atoms. The maximum absolute atomic E-state index is 13.5. The second-order valence-corrected chi connectivity index (χ2v) is 9.08. The van der Waals surface area contributed by atoms with Gasteiger partial charge in [0.15, 0.2) is 0 Å². The van der Waals surface area contributed by atoms with Crippen LogP contribution in [0.5, 0.6) is 0 Å². The smallest absolute Gasteiger partial charge is 0.270 e. The van der Waals surface area contributed by atoms with E-state index in [0.29, 0.717) is 6.42 Å². The van der Waals surface area contributed by atoms with Crippen molar-refractivity contribution in [1.29, 1.82) is 0 Å². The van der Waals surface area contributed by atoms with E-state index < -0.39 is 5.92 Å². The van der Waals surface area contributed by atoms with E-state index in [1.165, 1.54) is 51.0 Å². The Kier molecular flexibility index (Phi) is 9.61. The minimum atomic E-state index is -2.80. The van der Waals surface area contributed by atoms with Crippen molar-refractivity contribution in [3.05, 3.63) is 47.7 Å². The van der Waals surface area contributed by atoms with E-state index in [0.717, 1.165) is 49.7 Å². The molecule has 0 unspecified atom stereocenters. The number of nitrogens with zero attached hydrogens (tertiary/aromatic N) is 1. The Morgan fingerprint density at radius 1 is 1.14 bits per heavy atom. The summed E-state index contributed by atoms with van der Waals surface area (Å²) in [6.07, 6.45) is 10.9. The van der Waals surface area contributed by atoms with E-state index in [-0.39, 0.29) is 5.56 Å². The summed E-state index contributed by atoms with van der Waals surface area (Å²) < 4.78 is 27.0. The normalized spacial score (nSPS) is 19.9. The minimum absolute atomic E-state index is 0.0711. The van der Waals surface area contributed by atoms with Crippen molar-refractivity contribution < 1.29 is 8.78 Å². The third kappa shape index (κ3) is 8.86. The van der Waals surface area contributed by atoms with Crippen LogP contribution < -0.4 is 5.32 Å². The molecule has 0 heterocycles. The molecule has 1 fully saturated rings. The lowest BCUT2D eigenvalue weighted by Crippen LogP contribution is -2.33. The van der Waals surface area contributed by atoms with Gasteiger partial charge in [-0.2, -0.15) is 0 Å². The Morgan fingerprint density at radius 3 is 2.52 bits per heavy atom. The van der Waals surface area contributed by atoms with E-state index in [1.807, 2.05) is 13.1 Å². The maximum Gasteiger partial charge on any atom is 0.270 e. The predicted octanol–water partition coefficient (Wildman–Crippen LogP) is 6.52. The van der Waals surface area contributed by atoms with Gasteiger partial charge in [0.25, 0.3) is 5.92 Å². The fraction of sp³-hybridized carbons (Fsp3) is 0.680. The quantitative estimate of drug-likeness (QED) is 0.398. The second kappa shape index (κ2) is 11.7. The van der Waals surface area contributed by atoms with Crippen molar-refractivity contribution >= 4 is 0 Å². The van der Waals surface area contributed by atoms with Crippen LogP contribution in [0.25, 0.3) is 0 Å². The SMILES string of the molecule is C=C(Cc1cccc(C(C)(F)F)c1)N(C)CCCCCCNC1CCC(C)CC1. The molecule has 1 aliphatic rings. The molecule has 0 atom stereocenters. The lowest BCUT2D eigenvalue weighted by molar-refractivity contribution is 0.0174. The van der Waals surface area contributed by atoms with Crippen molar-refractivity contribution in [3.8, 4) is 0 Å². The van der Waals surface area contributed by atoms with Crippen molar-refractivity contribution in [1.82, 2.24) is 10.2 Å². The van der Waals surface area contributed by atoms with E-state index in [2.05, 4.69) is 23.7 Å². The molecule has 1 aliphatic carbocycles. The van der Waals surface area contributed by atoms with E-state index in [9.17, 15) is 8.78 Å². The minimum Gasteiger partial charge on any atom is -0.378 e. The zero-order valence-corrected chi connectivity index (χ0v) is 18.7. The van der Waals surface area contributed by atoms with Crippen molar-refractivity contribution in [2.45, 2.75) is 83.6 Å². The summed E-state index contributed by atoms with van der Waals surface area (Å²) >= 11 is 0. The van der Waals surface area contributed by atoms with Crippen LogP contribution in [0.4, 0.5) is 8.78 Å². The number of halogens is 2. The monoisotopic (exact) mass is 406 g/mol. The Hall–Kier alpha value is -1.42. The molecule has 2 nitrogen and oxygen atoms in total. The summed E-state index contributed by atoms with van der Waals surface area (Å²) in [7, 11) is 2.05. The Balaban J connectivity index is 1.57. The average Bonchev–Trinajstić information content (AvgIpc) is 2.68. The standard InChI is InChI=1S/C25H40F2N2/c1-20-12-14-24(15-13-20)28-16-7-5-6-8-17-29(4)21(2)18-22-10-9-11-23(19-22)25(3,26)27/h9-11,19-20,24,28H,2,5-8,12-18H2,1,3-4H3. The maximum atomic E-state index is 13.5. The third-order valence-electron chi connectivity index (χ3n) is 6.25. The summed E-state index contributed by atoms with van der Waals surface area (Å²) in [6, 6.07) is 7.43. The first-order valence-corrected chi connectivity index (χ1v) is 11.3. The molecule has 0 radical (unpaired) electrons. The highest BCUT2D eigenvalue weighted by Gasteiger charge is 2.24. The van der Waals surface area contributed by atoms with Crippen LogP contribution in [0, 0.1) is 5.92 Å². The van der Waals surface area contributed by atoms with Gasteiger partial charge >= 0.3 is 0 Å². The van der Waals surface area contributed by atoms with Gasteiger partial charge in [-0.05, 0) is 62.6 Å². The number of rotatable bonds is 12. The predicted molar refractivity (Wildman–Crippen MR) is 119 cm³/mol. The number of nitrogens with one attached hydrogen (secondary N) is 1. The van der Waals surface area contributed by atoms with E-state index in [4.69, 9.17) is 0 Å². The average molecular weight is 407 g/mol. The first kappa shape index (κ1) is 23.9. The summed E-state index contributed by atoms with van der Waals surface area (Å²) in [5.74, 6) is -1.88. The molecule has 1 saturated carbocycles. The third-order valence-corrected chi connectivity index (χ3v) is 6.25. The van der Waals surface area contributed by atoms with Crippen LogP contribution >= 0.6 is 0 Å². The van der Waals surface area contributed by atoms with Crippen LogP contribution in [0.3, 0.4) is 0 Å². The number of likely N-dealkylation sites (N-methyl/N-ethyl adjacent to an activating group) is 1. The zero-order valence-electron chi connectivity index (χ0n) is 18.7. The summed E-state index contributed by atoms with van der Waals surface area (Å²) in [6.45, 7) is 9.57. The molecule has 2 rings (SSSR count). The molecule has 0 aliphatic heterocycles. The first-order chi connectivity index (χ1) is 13.8. The van der Waals surface area contributed by atoms with Gasteiger partial charge in [0, 0.05) is 44.2 Å². The summed E-state index contributed by atoms with van der Waals surface area (Å²) in [5.41, 5.74) is 1.95. The van der Waals surface area contributed by atoms with Crippen molar-refractivity contribution in [2.24, 2.45) is 5.92 Å². The van der Waals surface area contributed by atoms with Crippen LogP contribution in [0.1, 0.15) is 76.3 Å². The Labute approximate surface area is 176 Å². The van der Waals surface area contributed by atoms with E-state index in [1.54, 1.807) is 12.1 Å². The molecule has 164 valence electrons. The first-order valence-electron chi connectivity index (χ1n) is 11.3. The second-order valence-electron chi connectivity index (χ2n) is 9.08. The highest BCUT2D eigenvalue weighted by molar-refractivity contribution is 5.28. The molecular weight excluding hydrogens is 366 g/mol. The van der Waals surface area contributed by atoms with Crippen LogP contribution in [-0.4, -0.2) is 31.1 Å². The number of allylic oxidation sites excluding steroid dienone is 1. The van der Waals surface area contributed by atoms with Gasteiger partial charge in [-0.1, -0.05) is 44.5 Å². The summed E-state index contributed by atoms with van der Waals surface area (Å²) in [5, 5.41) is 3.72. The number of benzene rings is 1. The van der Waals surface area contributed by atoms with Gasteiger partial charge in [-0.3, -0.25) is 0 Å². The topological polar surface area (TPSA) is 15.3 Å². The lowest BCUT2D eigenvalue weighted by atomic mass is 9.87. The van der Waals surface area contributed by atoms with Gasteiger partial charge in [0.1, 0.15) is 0 Å². The van der Waals surface area contributed by atoms with Crippen LogP contribution in [-0.2, 0) is 12.3 Å². The highest BCUT2D eigenvalue weighted by Crippen LogP contribution is 2.28. The largest absolute Gasteiger partial charge is 0.378 e. The van der Waals surface area contributed by atoms with Gasteiger partial charge in [0.2, 0.25) is 0 Å². The lowest BCUT2D eigenvalue weighted by Gasteiger charge is -2.27. The number of alkyl halides is 2. The van der Waals surface area contributed by atoms with E-state index >= 15 is 0 Å². The highest BCUT2D eigenvalue weighted by atomic mass is 19.3. The fourth-order valence-electron chi connectivity index (χ4n) is 4.08.